The van der Waals surface area contributed by atoms with E-state index in [1.165, 1.54) is 5.69 Å². The number of aromatic hydroxyl groups is 1. The van der Waals surface area contributed by atoms with E-state index in [1.807, 2.05) is 12.1 Å². The molecule has 0 bridgehead atoms. The summed E-state index contributed by atoms with van der Waals surface area (Å²) in [6, 6.07) is 13.3. The molecule has 2 aromatic rings. The summed E-state index contributed by atoms with van der Waals surface area (Å²) in [4.78, 5) is 9.18. The van der Waals surface area contributed by atoms with Crippen LogP contribution in [0, 0.1) is 0 Å². The normalized spacial score (nSPS) is 15.8. The number of benzene rings is 2. The molecule has 1 N–H and O–H groups in total. The standard InChI is InChI=1S/C19H23N3O2/c1-21-9-11-22(12-10-21)17-5-3-16(4-6-17)20-14-15-13-18(24-2)7-8-19(15)23/h3-8,13-14,23H,9-12H2,1-2H3. The van der Waals surface area contributed by atoms with Gasteiger partial charge in [0.05, 0.1) is 12.8 Å². The van der Waals surface area contributed by atoms with Gasteiger partial charge in [-0.1, -0.05) is 0 Å². The zero-order valence-corrected chi connectivity index (χ0v) is 14.1. The highest BCUT2D eigenvalue weighted by molar-refractivity contribution is 5.86. The molecule has 5 nitrogen and oxygen atoms in total. The van der Waals surface area contributed by atoms with Gasteiger partial charge in [-0.15, -0.1) is 0 Å². The number of piperazine rings is 1. The molecule has 1 aliphatic rings. The first-order valence-corrected chi connectivity index (χ1v) is 8.10. The van der Waals surface area contributed by atoms with E-state index in [-0.39, 0.29) is 5.75 Å². The summed E-state index contributed by atoms with van der Waals surface area (Å²) < 4.78 is 5.17. The summed E-state index contributed by atoms with van der Waals surface area (Å²) >= 11 is 0. The largest absolute Gasteiger partial charge is 0.507 e. The number of likely N-dealkylation sites (N-methyl/N-ethyl adjacent to an activating group) is 1. The third kappa shape index (κ3) is 3.86. The Morgan fingerprint density at radius 2 is 1.75 bits per heavy atom. The first-order valence-electron chi connectivity index (χ1n) is 8.10. The molecule has 0 radical (unpaired) electrons. The summed E-state index contributed by atoms with van der Waals surface area (Å²) in [6.45, 7) is 4.29. The molecule has 1 aliphatic heterocycles. The molecule has 126 valence electrons. The predicted molar refractivity (Wildman–Crippen MR) is 98.1 cm³/mol. The fraction of sp³-hybridized carbons (Fsp3) is 0.316. The lowest BCUT2D eigenvalue weighted by atomic mass is 10.2. The Bertz CT molecular complexity index is 705. The van der Waals surface area contributed by atoms with Crippen molar-refractivity contribution >= 4 is 17.6 Å². The second kappa shape index (κ2) is 7.36. The van der Waals surface area contributed by atoms with Gasteiger partial charge in [-0.05, 0) is 49.5 Å². The van der Waals surface area contributed by atoms with Crippen molar-refractivity contribution in [3.63, 3.8) is 0 Å². The van der Waals surface area contributed by atoms with Crippen LogP contribution in [-0.4, -0.2) is 56.6 Å². The highest BCUT2D eigenvalue weighted by atomic mass is 16.5. The number of phenolic OH excluding ortho intramolecular Hbond substituents is 1. The van der Waals surface area contributed by atoms with E-state index in [1.54, 1.807) is 31.5 Å². The molecule has 5 heteroatoms. The number of ether oxygens (including phenoxy) is 1. The van der Waals surface area contributed by atoms with Crippen LogP contribution in [0.4, 0.5) is 11.4 Å². The lowest BCUT2D eigenvalue weighted by Gasteiger charge is -2.34. The van der Waals surface area contributed by atoms with E-state index in [2.05, 4.69) is 34.0 Å². The van der Waals surface area contributed by atoms with Crippen LogP contribution in [0.5, 0.6) is 11.5 Å². The fourth-order valence-electron chi connectivity index (χ4n) is 2.72. The number of hydrogen-bond acceptors (Lipinski definition) is 5. The lowest BCUT2D eigenvalue weighted by molar-refractivity contribution is 0.313. The number of aliphatic imine (C=N–C) groups is 1. The van der Waals surface area contributed by atoms with Crippen LogP contribution in [0.25, 0.3) is 0 Å². The Morgan fingerprint density at radius 3 is 2.42 bits per heavy atom. The molecule has 0 spiro atoms. The Labute approximate surface area is 142 Å². The lowest BCUT2D eigenvalue weighted by Crippen LogP contribution is -2.44. The van der Waals surface area contributed by atoms with Gasteiger partial charge in [0.2, 0.25) is 0 Å². The molecule has 0 aliphatic carbocycles. The Kier molecular flexibility index (Phi) is 5.01. The second-order valence-electron chi connectivity index (χ2n) is 5.99. The van der Waals surface area contributed by atoms with E-state index >= 15 is 0 Å². The van der Waals surface area contributed by atoms with Gasteiger partial charge < -0.3 is 19.6 Å². The molecule has 3 rings (SSSR count). The number of hydrogen-bond donors (Lipinski definition) is 1. The monoisotopic (exact) mass is 325 g/mol. The van der Waals surface area contributed by atoms with Crippen molar-refractivity contribution in [3.8, 4) is 11.5 Å². The molecular formula is C19H23N3O2. The minimum Gasteiger partial charge on any atom is -0.507 e. The molecule has 1 saturated heterocycles. The van der Waals surface area contributed by atoms with Crippen molar-refractivity contribution in [3.05, 3.63) is 48.0 Å². The van der Waals surface area contributed by atoms with Crippen LogP contribution in [0.3, 0.4) is 0 Å². The number of anilines is 1. The summed E-state index contributed by atoms with van der Waals surface area (Å²) in [5.74, 6) is 0.883. The molecule has 1 heterocycles. The zero-order chi connectivity index (χ0) is 16.9. The van der Waals surface area contributed by atoms with E-state index < -0.39 is 0 Å². The van der Waals surface area contributed by atoms with Crippen molar-refractivity contribution in [2.75, 3.05) is 45.2 Å². The summed E-state index contributed by atoms with van der Waals surface area (Å²) in [7, 11) is 3.76. The van der Waals surface area contributed by atoms with Crippen molar-refractivity contribution < 1.29 is 9.84 Å². The average molecular weight is 325 g/mol. The first kappa shape index (κ1) is 16.3. The number of phenols is 1. The van der Waals surface area contributed by atoms with Crippen molar-refractivity contribution in [1.82, 2.24) is 4.90 Å². The maximum atomic E-state index is 9.89. The van der Waals surface area contributed by atoms with Crippen LogP contribution in [0.15, 0.2) is 47.5 Å². The predicted octanol–water partition coefficient (Wildman–Crippen LogP) is 2.90. The Balaban J connectivity index is 1.70. The molecule has 0 atom stereocenters. The van der Waals surface area contributed by atoms with E-state index in [0.29, 0.717) is 11.3 Å². The average Bonchev–Trinajstić information content (AvgIpc) is 2.62. The van der Waals surface area contributed by atoms with Gasteiger partial charge in [-0.25, -0.2) is 0 Å². The van der Waals surface area contributed by atoms with Gasteiger partial charge in [0, 0.05) is 43.6 Å². The highest BCUT2D eigenvalue weighted by Gasteiger charge is 2.13. The number of methoxy groups -OCH3 is 1. The quantitative estimate of drug-likeness (QED) is 0.878. The molecule has 0 saturated carbocycles. The van der Waals surface area contributed by atoms with Gasteiger partial charge in [-0.3, -0.25) is 4.99 Å². The van der Waals surface area contributed by atoms with E-state index in [0.717, 1.165) is 31.9 Å². The molecule has 1 fully saturated rings. The summed E-state index contributed by atoms with van der Waals surface area (Å²) in [5, 5.41) is 9.89. The minimum absolute atomic E-state index is 0.189. The molecule has 2 aromatic carbocycles. The van der Waals surface area contributed by atoms with Crippen LogP contribution >= 0.6 is 0 Å². The second-order valence-corrected chi connectivity index (χ2v) is 5.99. The Morgan fingerprint density at radius 1 is 1.04 bits per heavy atom. The topological polar surface area (TPSA) is 48.3 Å². The smallest absolute Gasteiger partial charge is 0.124 e. The van der Waals surface area contributed by atoms with E-state index in [4.69, 9.17) is 4.74 Å². The third-order valence-electron chi connectivity index (χ3n) is 4.31. The van der Waals surface area contributed by atoms with Gasteiger partial charge in [0.15, 0.2) is 0 Å². The van der Waals surface area contributed by atoms with Gasteiger partial charge in [-0.2, -0.15) is 0 Å². The fourth-order valence-corrected chi connectivity index (χ4v) is 2.72. The molecule has 0 amide bonds. The van der Waals surface area contributed by atoms with Gasteiger partial charge >= 0.3 is 0 Å². The molecule has 0 unspecified atom stereocenters. The number of nitrogens with zero attached hydrogens (tertiary/aromatic N) is 3. The van der Waals surface area contributed by atoms with Crippen molar-refractivity contribution in [1.29, 1.82) is 0 Å². The maximum Gasteiger partial charge on any atom is 0.124 e. The van der Waals surface area contributed by atoms with Crippen LogP contribution in [0.1, 0.15) is 5.56 Å². The van der Waals surface area contributed by atoms with E-state index in [9.17, 15) is 5.11 Å². The SMILES string of the molecule is COc1ccc(O)c(C=Nc2ccc(N3CCN(C)CC3)cc2)c1. The first-order chi connectivity index (χ1) is 11.7. The van der Waals surface area contributed by atoms with Crippen molar-refractivity contribution in [2.45, 2.75) is 0 Å². The van der Waals surface area contributed by atoms with Crippen LogP contribution in [0.2, 0.25) is 0 Å². The third-order valence-corrected chi connectivity index (χ3v) is 4.31. The Hall–Kier alpha value is -2.53. The molecule has 0 aromatic heterocycles. The van der Waals surface area contributed by atoms with Crippen LogP contribution < -0.4 is 9.64 Å². The van der Waals surface area contributed by atoms with Gasteiger partial charge in [0.25, 0.3) is 0 Å². The minimum atomic E-state index is 0.189. The van der Waals surface area contributed by atoms with Crippen molar-refractivity contribution in [2.24, 2.45) is 4.99 Å². The number of rotatable bonds is 4. The highest BCUT2D eigenvalue weighted by Crippen LogP contribution is 2.24. The molecule has 24 heavy (non-hydrogen) atoms. The van der Waals surface area contributed by atoms with Gasteiger partial charge in [0.1, 0.15) is 11.5 Å². The molecular weight excluding hydrogens is 302 g/mol. The summed E-state index contributed by atoms with van der Waals surface area (Å²) in [6.07, 6.45) is 1.66. The van der Waals surface area contributed by atoms with Crippen LogP contribution in [-0.2, 0) is 0 Å². The summed E-state index contributed by atoms with van der Waals surface area (Å²) in [5.41, 5.74) is 2.72. The maximum absolute atomic E-state index is 9.89. The zero-order valence-electron chi connectivity index (χ0n) is 14.1.